The lowest BCUT2D eigenvalue weighted by Gasteiger charge is -2.34. The van der Waals surface area contributed by atoms with Gasteiger partial charge in [0, 0.05) is 32.7 Å². The first-order valence-corrected chi connectivity index (χ1v) is 11.0. The molecule has 34 heavy (non-hydrogen) atoms. The Morgan fingerprint density at radius 1 is 1.06 bits per heavy atom. The second-order valence-electron chi connectivity index (χ2n) is 8.05. The number of hydrogen-bond donors (Lipinski definition) is 0. The van der Waals surface area contributed by atoms with Crippen LogP contribution >= 0.6 is 0 Å². The van der Waals surface area contributed by atoms with Crippen LogP contribution in [0.3, 0.4) is 0 Å². The van der Waals surface area contributed by atoms with Crippen LogP contribution < -0.4 is 0 Å². The lowest BCUT2D eigenvalue weighted by molar-refractivity contribution is -0.132. The van der Waals surface area contributed by atoms with Crippen molar-refractivity contribution in [1.82, 2.24) is 30.0 Å². The van der Waals surface area contributed by atoms with Crippen LogP contribution in [-0.4, -0.2) is 81.7 Å². The van der Waals surface area contributed by atoms with Crippen LogP contribution in [0.15, 0.2) is 48.8 Å². The Morgan fingerprint density at radius 2 is 1.79 bits per heavy atom. The van der Waals surface area contributed by atoms with Crippen LogP contribution in [0.5, 0.6) is 0 Å². The number of nitriles is 1. The summed E-state index contributed by atoms with van der Waals surface area (Å²) in [5, 5.41) is 20.4. The monoisotopic (exact) mass is 459 g/mol. The SMILES string of the molecule is COC(=O)c1ccc(CCN2CCN(C(=O)Cc3ccc(-n4cnnn4)cc3)CC2)cc1C#N. The summed E-state index contributed by atoms with van der Waals surface area (Å²) in [6.45, 7) is 3.80. The van der Waals surface area contributed by atoms with Crippen molar-refractivity contribution in [1.29, 1.82) is 5.26 Å². The second kappa shape index (κ2) is 10.7. The van der Waals surface area contributed by atoms with Gasteiger partial charge in [-0.2, -0.15) is 5.26 Å². The van der Waals surface area contributed by atoms with Gasteiger partial charge in [0.05, 0.1) is 30.3 Å². The van der Waals surface area contributed by atoms with Gasteiger partial charge in [0.2, 0.25) is 5.91 Å². The zero-order valence-electron chi connectivity index (χ0n) is 18.9. The summed E-state index contributed by atoms with van der Waals surface area (Å²) in [7, 11) is 1.30. The standard InChI is InChI=1S/C24H25N7O3/c1-34-24(33)22-7-4-19(14-20(22)16-25)8-9-29-10-12-30(13-11-29)23(32)15-18-2-5-21(6-3-18)31-17-26-27-28-31/h2-7,14,17H,8-13,15H2,1H3. The number of methoxy groups -OCH3 is 1. The molecule has 1 amide bonds. The minimum atomic E-state index is -0.507. The summed E-state index contributed by atoms with van der Waals surface area (Å²) >= 11 is 0. The minimum absolute atomic E-state index is 0.117. The number of piperazine rings is 1. The zero-order valence-corrected chi connectivity index (χ0v) is 18.9. The molecule has 1 saturated heterocycles. The van der Waals surface area contributed by atoms with Crippen LogP contribution in [0, 0.1) is 11.3 Å². The lowest BCUT2D eigenvalue weighted by atomic mass is 10.0. The molecular formula is C24H25N7O3. The summed E-state index contributed by atoms with van der Waals surface area (Å²) in [6, 6.07) is 15.0. The third-order valence-electron chi connectivity index (χ3n) is 5.96. The van der Waals surface area contributed by atoms with Crippen molar-refractivity contribution in [3.8, 4) is 11.8 Å². The van der Waals surface area contributed by atoms with Crippen molar-refractivity contribution in [2.45, 2.75) is 12.8 Å². The molecule has 10 heteroatoms. The van der Waals surface area contributed by atoms with Gasteiger partial charge in [0.1, 0.15) is 12.4 Å². The average molecular weight is 460 g/mol. The van der Waals surface area contributed by atoms with E-state index in [1.807, 2.05) is 35.2 Å². The first-order valence-electron chi connectivity index (χ1n) is 11.0. The first-order chi connectivity index (χ1) is 16.6. The van der Waals surface area contributed by atoms with Gasteiger partial charge in [-0.1, -0.05) is 18.2 Å². The predicted octanol–water partition coefficient (Wildman–Crippen LogP) is 1.25. The number of aromatic nitrogens is 4. The molecule has 2 aromatic carbocycles. The topological polar surface area (TPSA) is 117 Å². The third-order valence-corrected chi connectivity index (χ3v) is 5.96. The van der Waals surface area contributed by atoms with Gasteiger partial charge >= 0.3 is 5.97 Å². The Hall–Kier alpha value is -4.10. The highest BCUT2D eigenvalue weighted by molar-refractivity contribution is 5.92. The molecule has 0 unspecified atom stereocenters. The van der Waals surface area contributed by atoms with E-state index < -0.39 is 5.97 Å². The van der Waals surface area contributed by atoms with E-state index in [9.17, 15) is 14.9 Å². The largest absolute Gasteiger partial charge is 0.465 e. The summed E-state index contributed by atoms with van der Waals surface area (Å²) < 4.78 is 6.29. The number of amides is 1. The number of carbonyl (C=O) groups excluding carboxylic acids is 2. The maximum absolute atomic E-state index is 12.8. The summed E-state index contributed by atoms with van der Waals surface area (Å²) in [6.07, 6.45) is 2.65. The van der Waals surface area contributed by atoms with E-state index in [1.54, 1.807) is 16.8 Å². The highest BCUT2D eigenvalue weighted by atomic mass is 16.5. The molecule has 0 N–H and O–H groups in total. The van der Waals surface area contributed by atoms with Gasteiger partial charge in [-0.15, -0.1) is 5.10 Å². The van der Waals surface area contributed by atoms with Gasteiger partial charge < -0.3 is 9.64 Å². The molecule has 1 fully saturated rings. The number of ether oxygens (including phenoxy) is 1. The number of benzene rings is 2. The molecule has 0 radical (unpaired) electrons. The molecule has 0 spiro atoms. The Kier molecular flexibility index (Phi) is 7.25. The molecule has 4 rings (SSSR count). The number of nitrogens with zero attached hydrogens (tertiary/aromatic N) is 7. The smallest absolute Gasteiger partial charge is 0.339 e. The van der Waals surface area contributed by atoms with E-state index in [0.717, 1.165) is 42.9 Å². The molecule has 3 aromatic rings. The van der Waals surface area contributed by atoms with Crippen LogP contribution in [0.1, 0.15) is 27.0 Å². The number of tetrazole rings is 1. The quantitative estimate of drug-likeness (QED) is 0.485. The molecule has 0 aliphatic carbocycles. The van der Waals surface area contributed by atoms with Gasteiger partial charge in [-0.05, 0) is 52.2 Å². The Balaban J connectivity index is 1.24. The normalized spacial score (nSPS) is 13.9. The van der Waals surface area contributed by atoms with Crippen LogP contribution in [0.4, 0.5) is 0 Å². The van der Waals surface area contributed by atoms with Crippen molar-refractivity contribution in [3.63, 3.8) is 0 Å². The number of hydrogen-bond acceptors (Lipinski definition) is 8. The fourth-order valence-electron chi connectivity index (χ4n) is 3.97. The molecule has 1 aliphatic rings. The number of esters is 1. The predicted molar refractivity (Wildman–Crippen MR) is 122 cm³/mol. The summed E-state index contributed by atoms with van der Waals surface area (Å²) in [5.41, 5.74) is 3.40. The van der Waals surface area contributed by atoms with Crippen molar-refractivity contribution in [2.75, 3.05) is 39.8 Å². The molecule has 10 nitrogen and oxygen atoms in total. The van der Waals surface area contributed by atoms with E-state index in [4.69, 9.17) is 4.74 Å². The van der Waals surface area contributed by atoms with E-state index >= 15 is 0 Å². The zero-order chi connectivity index (χ0) is 23.9. The highest BCUT2D eigenvalue weighted by Gasteiger charge is 2.21. The third kappa shape index (κ3) is 5.44. The lowest BCUT2D eigenvalue weighted by Crippen LogP contribution is -2.49. The molecule has 0 bridgehead atoms. The first kappa shape index (κ1) is 23.1. The average Bonchev–Trinajstić information content (AvgIpc) is 3.42. The van der Waals surface area contributed by atoms with Gasteiger partial charge in [0.15, 0.2) is 0 Å². The second-order valence-corrected chi connectivity index (χ2v) is 8.05. The van der Waals surface area contributed by atoms with Gasteiger partial charge in [-0.3, -0.25) is 9.69 Å². The van der Waals surface area contributed by atoms with Crippen molar-refractivity contribution in [2.24, 2.45) is 0 Å². The molecule has 2 heterocycles. The number of rotatable bonds is 7. The Bertz CT molecular complexity index is 1180. The fourth-order valence-corrected chi connectivity index (χ4v) is 3.97. The van der Waals surface area contributed by atoms with Crippen LogP contribution in [0.25, 0.3) is 5.69 Å². The van der Waals surface area contributed by atoms with Crippen molar-refractivity contribution < 1.29 is 14.3 Å². The molecule has 0 saturated carbocycles. The van der Waals surface area contributed by atoms with Crippen molar-refractivity contribution >= 4 is 11.9 Å². The highest BCUT2D eigenvalue weighted by Crippen LogP contribution is 2.15. The molecule has 1 aliphatic heterocycles. The molecule has 0 atom stereocenters. The Labute approximate surface area is 197 Å². The van der Waals surface area contributed by atoms with Crippen LogP contribution in [-0.2, 0) is 22.4 Å². The summed E-state index contributed by atoms with van der Waals surface area (Å²) in [5.74, 6) is -0.390. The van der Waals surface area contributed by atoms with E-state index in [0.29, 0.717) is 25.1 Å². The summed E-state index contributed by atoms with van der Waals surface area (Å²) in [4.78, 5) is 28.7. The fraction of sp³-hybridized carbons (Fsp3) is 0.333. The Morgan fingerprint density at radius 3 is 2.44 bits per heavy atom. The van der Waals surface area contributed by atoms with Gasteiger partial charge in [-0.25, -0.2) is 9.48 Å². The van der Waals surface area contributed by atoms with Crippen LogP contribution in [0.2, 0.25) is 0 Å². The van der Waals surface area contributed by atoms with Gasteiger partial charge in [0.25, 0.3) is 0 Å². The van der Waals surface area contributed by atoms with E-state index in [-0.39, 0.29) is 11.5 Å². The minimum Gasteiger partial charge on any atom is -0.465 e. The van der Waals surface area contributed by atoms with E-state index in [1.165, 1.54) is 13.4 Å². The molecule has 1 aromatic heterocycles. The number of carbonyl (C=O) groups is 2. The molecule has 174 valence electrons. The maximum atomic E-state index is 12.8. The molecular weight excluding hydrogens is 434 g/mol. The van der Waals surface area contributed by atoms with Crippen molar-refractivity contribution in [3.05, 3.63) is 71.0 Å². The maximum Gasteiger partial charge on any atom is 0.339 e. The van der Waals surface area contributed by atoms with E-state index in [2.05, 4.69) is 26.5 Å².